The van der Waals surface area contributed by atoms with Crippen molar-refractivity contribution in [1.29, 1.82) is 0 Å². The van der Waals surface area contributed by atoms with Crippen LogP contribution >= 0.6 is 0 Å². The van der Waals surface area contributed by atoms with Crippen LogP contribution < -0.4 is 0 Å². The number of carbonyl (C=O) groups is 2. The van der Waals surface area contributed by atoms with Gasteiger partial charge in [0.15, 0.2) is 5.41 Å². The first-order valence-electron chi connectivity index (χ1n) is 5.60. The number of nitrogens with one attached hydrogen (secondary N) is 1. The minimum Gasteiger partial charge on any atom is -0.480 e. The molecule has 18 heavy (non-hydrogen) atoms. The Morgan fingerprint density at radius 2 is 1.89 bits per heavy atom. The number of para-hydroxylation sites is 1. The van der Waals surface area contributed by atoms with E-state index in [0.717, 1.165) is 16.5 Å². The van der Waals surface area contributed by atoms with E-state index in [4.69, 9.17) is 10.2 Å². The fourth-order valence-electron chi connectivity index (χ4n) is 2.58. The van der Waals surface area contributed by atoms with Gasteiger partial charge in [-0.2, -0.15) is 0 Å². The Bertz CT molecular complexity index is 644. The summed E-state index contributed by atoms with van der Waals surface area (Å²) in [7, 11) is 0. The second-order valence-electron chi connectivity index (χ2n) is 4.63. The number of H-pyrrole nitrogens is 1. The van der Waals surface area contributed by atoms with Crippen LogP contribution in [0.1, 0.15) is 17.9 Å². The molecule has 0 aliphatic heterocycles. The molecule has 1 aromatic carbocycles. The van der Waals surface area contributed by atoms with Gasteiger partial charge in [0.1, 0.15) is 0 Å². The Morgan fingerprint density at radius 3 is 2.50 bits per heavy atom. The third-order valence-electron chi connectivity index (χ3n) is 3.72. The molecule has 3 N–H and O–H groups in total. The molecule has 2 aromatic rings. The van der Waals surface area contributed by atoms with Crippen molar-refractivity contribution < 1.29 is 19.8 Å². The molecule has 0 bridgehead atoms. The number of aromatic amines is 1. The van der Waals surface area contributed by atoms with Crippen LogP contribution in [0.2, 0.25) is 0 Å². The molecule has 1 aromatic heterocycles. The summed E-state index contributed by atoms with van der Waals surface area (Å²) in [6, 6.07) is 7.47. The number of fused-ring (bicyclic) bond motifs is 1. The van der Waals surface area contributed by atoms with Crippen LogP contribution in [0.5, 0.6) is 0 Å². The van der Waals surface area contributed by atoms with Crippen molar-refractivity contribution in [3.05, 3.63) is 36.0 Å². The van der Waals surface area contributed by atoms with Gasteiger partial charge in [-0.05, 0) is 18.1 Å². The summed E-state index contributed by atoms with van der Waals surface area (Å²) in [6.45, 7) is 0. The third-order valence-corrected chi connectivity index (χ3v) is 3.72. The van der Waals surface area contributed by atoms with Gasteiger partial charge in [-0.15, -0.1) is 0 Å². The van der Waals surface area contributed by atoms with E-state index < -0.39 is 23.3 Å². The van der Waals surface area contributed by atoms with Crippen LogP contribution in [0.3, 0.4) is 0 Å². The van der Waals surface area contributed by atoms with E-state index >= 15 is 0 Å². The Labute approximate surface area is 102 Å². The number of aromatic nitrogens is 1. The molecule has 1 aliphatic carbocycles. The van der Waals surface area contributed by atoms with Crippen LogP contribution in [0.15, 0.2) is 30.5 Å². The van der Waals surface area contributed by atoms with Crippen molar-refractivity contribution in [3.63, 3.8) is 0 Å². The standard InChI is InChI=1S/C13H11NO4/c15-11(16)13(12(17)18)5-9(13)8-6-14-10-4-2-1-3-7(8)10/h1-4,6,9,14H,5H2,(H,15,16)(H,17,18). The zero-order chi connectivity index (χ0) is 12.9. The van der Waals surface area contributed by atoms with E-state index in [1.165, 1.54) is 0 Å². The van der Waals surface area contributed by atoms with Gasteiger partial charge < -0.3 is 15.2 Å². The zero-order valence-corrected chi connectivity index (χ0v) is 9.38. The molecular formula is C13H11NO4. The smallest absolute Gasteiger partial charge is 0.321 e. The van der Waals surface area contributed by atoms with Crippen molar-refractivity contribution >= 4 is 22.8 Å². The fourth-order valence-corrected chi connectivity index (χ4v) is 2.58. The highest BCUT2D eigenvalue weighted by atomic mass is 16.4. The molecule has 1 fully saturated rings. The first-order chi connectivity index (χ1) is 8.57. The topological polar surface area (TPSA) is 90.4 Å². The van der Waals surface area contributed by atoms with Crippen LogP contribution in [-0.4, -0.2) is 27.1 Å². The van der Waals surface area contributed by atoms with Crippen molar-refractivity contribution in [2.45, 2.75) is 12.3 Å². The maximum Gasteiger partial charge on any atom is 0.321 e. The summed E-state index contributed by atoms with van der Waals surface area (Å²) in [5.41, 5.74) is 0.0183. The number of carboxylic acid groups (broad SMARTS) is 2. The highest BCUT2D eigenvalue weighted by molar-refractivity contribution is 6.04. The van der Waals surface area contributed by atoms with Gasteiger partial charge in [-0.25, -0.2) is 0 Å². The van der Waals surface area contributed by atoms with E-state index in [2.05, 4.69) is 4.98 Å². The average Bonchev–Trinajstić information content (AvgIpc) is 2.96. The third kappa shape index (κ3) is 1.21. The summed E-state index contributed by atoms with van der Waals surface area (Å²) >= 11 is 0. The van der Waals surface area contributed by atoms with Crippen LogP contribution in [0.25, 0.3) is 10.9 Å². The molecule has 1 heterocycles. The Hall–Kier alpha value is -2.30. The van der Waals surface area contributed by atoms with Crippen LogP contribution in [-0.2, 0) is 9.59 Å². The molecule has 92 valence electrons. The molecule has 3 rings (SSSR count). The highest BCUT2D eigenvalue weighted by Crippen LogP contribution is 2.60. The molecule has 1 saturated carbocycles. The van der Waals surface area contributed by atoms with Gasteiger partial charge in [0.05, 0.1) is 0 Å². The van der Waals surface area contributed by atoms with E-state index in [9.17, 15) is 9.59 Å². The van der Waals surface area contributed by atoms with Crippen molar-refractivity contribution in [2.24, 2.45) is 5.41 Å². The Morgan fingerprint density at radius 1 is 1.22 bits per heavy atom. The van der Waals surface area contributed by atoms with Gasteiger partial charge in [0, 0.05) is 23.0 Å². The Kier molecular flexibility index (Phi) is 2.02. The van der Waals surface area contributed by atoms with E-state index in [1.807, 2.05) is 24.3 Å². The van der Waals surface area contributed by atoms with Crippen LogP contribution in [0, 0.1) is 5.41 Å². The monoisotopic (exact) mass is 245 g/mol. The van der Waals surface area contributed by atoms with Crippen LogP contribution in [0.4, 0.5) is 0 Å². The molecular weight excluding hydrogens is 234 g/mol. The molecule has 0 amide bonds. The summed E-state index contributed by atoms with van der Waals surface area (Å²) in [5, 5.41) is 19.1. The molecule has 1 aliphatic rings. The lowest BCUT2D eigenvalue weighted by Crippen LogP contribution is -2.26. The molecule has 1 atom stereocenters. The van der Waals surface area contributed by atoms with Gasteiger partial charge in [0.25, 0.3) is 0 Å². The molecule has 0 saturated heterocycles. The molecule has 1 unspecified atom stereocenters. The minimum atomic E-state index is -1.65. The quantitative estimate of drug-likeness (QED) is 0.719. The largest absolute Gasteiger partial charge is 0.480 e. The second kappa shape index (κ2) is 3.35. The lowest BCUT2D eigenvalue weighted by Gasteiger charge is -2.05. The van der Waals surface area contributed by atoms with E-state index in [0.29, 0.717) is 0 Å². The normalized spacial score (nSPS) is 20.8. The number of rotatable bonds is 3. The van der Waals surface area contributed by atoms with Crippen molar-refractivity contribution in [2.75, 3.05) is 0 Å². The molecule has 0 radical (unpaired) electrons. The SMILES string of the molecule is O=C(O)C1(C(=O)O)CC1c1c[nH]c2ccccc12. The first kappa shape index (κ1) is 10.8. The summed E-state index contributed by atoms with van der Waals surface area (Å²) < 4.78 is 0. The first-order valence-corrected chi connectivity index (χ1v) is 5.60. The van der Waals surface area contributed by atoms with Gasteiger partial charge in [-0.1, -0.05) is 18.2 Å². The lowest BCUT2D eigenvalue weighted by atomic mass is 9.99. The van der Waals surface area contributed by atoms with Crippen molar-refractivity contribution in [1.82, 2.24) is 4.98 Å². The van der Waals surface area contributed by atoms with Gasteiger partial charge in [0.2, 0.25) is 0 Å². The fraction of sp³-hybridized carbons (Fsp3) is 0.231. The van der Waals surface area contributed by atoms with Gasteiger partial charge in [-0.3, -0.25) is 9.59 Å². The maximum atomic E-state index is 11.2. The minimum absolute atomic E-state index is 0.152. The lowest BCUT2D eigenvalue weighted by molar-refractivity contribution is -0.157. The molecule has 5 heteroatoms. The number of aliphatic carboxylic acids is 2. The number of carboxylic acids is 2. The zero-order valence-electron chi connectivity index (χ0n) is 9.38. The number of benzene rings is 1. The van der Waals surface area contributed by atoms with Gasteiger partial charge >= 0.3 is 11.9 Å². The van der Waals surface area contributed by atoms with E-state index in [-0.39, 0.29) is 6.42 Å². The van der Waals surface area contributed by atoms with Crippen molar-refractivity contribution in [3.8, 4) is 0 Å². The maximum absolute atomic E-state index is 11.2. The summed E-state index contributed by atoms with van der Waals surface area (Å²) in [4.78, 5) is 25.4. The number of hydrogen-bond acceptors (Lipinski definition) is 2. The second-order valence-corrected chi connectivity index (χ2v) is 4.63. The molecule has 5 nitrogen and oxygen atoms in total. The summed E-state index contributed by atoms with van der Waals surface area (Å²) in [6.07, 6.45) is 1.86. The Balaban J connectivity index is 2.08. The predicted octanol–water partition coefficient (Wildman–Crippen LogP) is 1.81. The average molecular weight is 245 g/mol. The highest BCUT2D eigenvalue weighted by Gasteiger charge is 2.67. The summed E-state index contributed by atoms with van der Waals surface area (Å²) in [5.74, 6) is -2.97. The number of hydrogen-bond donors (Lipinski definition) is 3. The predicted molar refractivity (Wildman–Crippen MR) is 63.4 cm³/mol. The molecule has 0 spiro atoms. The van der Waals surface area contributed by atoms with E-state index in [1.54, 1.807) is 6.20 Å².